The summed E-state index contributed by atoms with van der Waals surface area (Å²) in [7, 11) is 0. The Morgan fingerprint density at radius 3 is 2.15 bits per heavy atom. The first-order valence-corrected chi connectivity index (χ1v) is 26.4. The molecule has 0 bridgehead atoms. The topological polar surface area (TPSA) is 207 Å². The number of hydrogen-bond acceptors (Lipinski definition) is 12. The minimum Gasteiger partial charge on any atom is -0.508 e. The molecule has 4 amide bonds. The van der Waals surface area contributed by atoms with E-state index in [1.54, 1.807) is 78.1 Å². The number of hydrogen-bond donors (Lipinski definition) is 6. The van der Waals surface area contributed by atoms with E-state index in [1.165, 1.54) is 16.2 Å². The number of thiophene rings is 1. The maximum atomic E-state index is 14.1. The highest BCUT2D eigenvalue weighted by atomic mass is 32.1. The Labute approximate surface area is 438 Å². The number of amides is 4. The van der Waals surface area contributed by atoms with E-state index < -0.39 is 29.5 Å². The van der Waals surface area contributed by atoms with Crippen molar-refractivity contribution in [3.8, 4) is 38.1 Å². The van der Waals surface area contributed by atoms with Gasteiger partial charge < -0.3 is 40.9 Å². The van der Waals surface area contributed by atoms with Crippen LogP contribution in [0.5, 0.6) is 17.2 Å². The number of benzene rings is 5. The number of likely N-dealkylation sites (tertiary alicyclic amines) is 1. The number of rotatable bonds is 19. The van der Waals surface area contributed by atoms with Crippen molar-refractivity contribution in [2.75, 3.05) is 19.7 Å². The zero-order chi connectivity index (χ0) is 52.7. The molecule has 4 atom stereocenters. The zero-order valence-corrected chi connectivity index (χ0v) is 43.6. The Kier molecular flexibility index (Phi) is 16.6. The molecule has 1 saturated heterocycles. The Balaban J connectivity index is 0.758. The summed E-state index contributed by atoms with van der Waals surface area (Å²) in [6, 6.07) is 31.4. The van der Waals surface area contributed by atoms with Crippen LogP contribution >= 0.6 is 22.7 Å². The molecule has 74 heavy (non-hydrogen) atoms. The Hall–Kier alpha value is -7.40. The summed E-state index contributed by atoms with van der Waals surface area (Å²) >= 11 is 2.95. The number of phenols is 2. The Morgan fingerprint density at radius 2 is 1.47 bits per heavy atom. The number of aromatic nitrogens is 1. The number of β-amino-alcohol motifs (C(OH)–C–C–N with tert-alkyl or cyclic N) is 1. The maximum Gasteiger partial charge on any atom is 0.251 e. The van der Waals surface area contributed by atoms with Crippen LogP contribution in [0.25, 0.3) is 31.0 Å². The minimum atomic E-state index is -0.923. The van der Waals surface area contributed by atoms with Gasteiger partial charge in [0.1, 0.15) is 29.3 Å². The average Bonchev–Trinajstić information content (AvgIpc) is 4.12. The maximum absolute atomic E-state index is 14.1. The van der Waals surface area contributed by atoms with Crippen LogP contribution < -0.4 is 20.7 Å². The van der Waals surface area contributed by atoms with Gasteiger partial charge in [-0.3, -0.25) is 24.0 Å². The lowest BCUT2D eigenvalue weighted by Gasteiger charge is -2.35. The van der Waals surface area contributed by atoms with E-state index in [9.17, 15) is 39.3 Å². The molecule has 384 valence electrons. The van der Waals surface area contributed by atoms with Gasteiger partial charge in [-0.15, -0.1) is 22.7 Å². The van der Waals surface area contributed by atoms with Crippen molar-refractivity contribution in [2.45, 2.75) is 91.0 Å². The van der Waals surface area contributed by atoms with Crippen molar-refractivity contribution < 1.29 is 44.0 Å². The molecule has 1 aliphatic heterocycles. The molecular weight excluding hydrogens is 975 g/mol. The number of unbranched alkanes of at least 4 members (excludes halogenated alkanes) is 1. The third kappa shape index (κ3) is 12.7. The zero-order valence-electron chi connectivity index (χ0n) is 42.0. The quantitative estimate of drug-likeness (QED) is 0.0334. The number of carbonyl (C=O) groups excluding carboxylic acids is 5. The summed E-state index contributed by atoms with van der Waals surface area (Å²) in [6.07, 6.45) is 1.07. The lowest BCUT2D eigenvalue weighted by atomic mass is 9.85. The van der Waals surface area contributed by atoms with Crippen molar-refractivity contribution in [1.29, 1.82) is 0 Å². The summed E-state index contributed by atoms with van der Waals surface area (Å²) in [5, 5.41) is 40.2. The van der Waals surface area contributed by atoms with Crippen molar-refractivity contribution >= 4 is 62.2 Å². The highest BCUT2D eigenvalue weighted by Gasteiger charge is 2.44. The van der Waals surface area contributed by atoms with Crippen LogP contribution in [-0.4, -0.2) is 92.5 Å². The molecule has 3 heterocycles. The SMILES string of the molecule is Cc1ncsc1-c1ccc(C(C)NC(=O)C2CC(O)CN2C(=O)C(NC(=O)CCCCOc2ccc(CCNC(=O)c3ccc(C(=O)c4c(-c5ccc(O)cc5)sc5cc(O)ccc45)cc3)cc2)C(C)(C)C)cc1. The fourth-order valence-electron chi connectivity index (χ4n) is 9.05. The van der Waals surface area contributed by atoms with E-state index in [-0.39, 0.29) is 60.4 Å². The Bertz CT molecular complexity index is 3130. The molecule has 0 aliphatic carbocycles. The summed E-state index contributed by atoms with van der Waals surface area (Å²) in [6.45, 7) is 10.2. The van der Waals surface area contributed by atoms with Crippen LogP contribution in [0.15, 0.2) is 121 Å². The van der Waals surface area contributed by atoms with Crippen molar-refractivity contribution in [3.05, 3.63) is 154 Å². The van der Waals surface area contributed by atoms with E-state index in [0.29, 0.717) is 65.1 Å². The van der Waals surface area contributed by atoms with E-state index in [0.717, 1.165) is 37.5 Å². The molecule has 14 nitrogen and oxygen atoms in total. The number of carbonyl (C=O) groups is 5. The Morgan fingerprint density at radius 1 is 0.811 bits per heavy atom. The molecule has 0 radical (unpaired) electrons. The number of aliphatic hydroxyl groups is 1. The van der Waals surface area contributed by atoms with E-state index in [4.69, 9.17) is 4.74 Å². The largest absolute Gasteiger partial charge is 0.508 e. The molecule has 1 aliphatic rings. The number of ether oxygens (including phenoxy) is 1. The van der Waals surface area contributed by atoms with Gasteiger partial charge in [-0.05, 0) is 128 Å². The first kappa shape index (κ1) is 52.9. The van der Waals surface area contributed by atoms with Gasteiger partial charge in [0.15, 0.2) is 5.78 Å². The number of phenolic OH excluding ortho intramolecular Hbond substituents is 2. The highest BCUT2D eigenvalue weighted by Crippen LogP contribution is 2.41. The van der Waals surface area contributed by atoms with Gasteiger partial charge in [0, 0.05) is 57.6 Å². The van der Waals surface area contributed by atoms with Crippen LogP contribution in [-0.2, 0) is 20.8 Å². The first-order valence-electron chi connectivity index (χ1n) is 24.7. The van der Waals surface area contributed by atoms with E-state index in [2.05, 4.69) is 20.9 Å². The van der Waals surface area contributed by atoms with Gasteiger partial charge in [-0.2, -0.15) is 0 Å². The summed E-state index contributed by atoms with van der Waals surface area (Å²) < 4.78 is 6.70. The minimum absolute atomic E-state index is 0.0109. The fourth-order valence-corrected chi connectivity index (χ4v) is 11.1. The van der Waals surface area contributed by atoms with Crippen LogP contribution in [0.2, 0.25) is 0 Å². The lowest BCUT2D eigenvalue weighted by Crippen LogP contribution is -2.57. The van der Waals surface area contributed by atoms with Crippen LogP contribution in [0.3, 0.4) is 0 Å². The summed E-state index contributed by atoms with van der Waals surface area (Å²) in [5.41, 5.74) is 7.09. The molecule has 0 saturated carbocycles. The first-order chi connectivity index (χ1) is 35.4. The summed E-state index contributed by atoms with van der Waals surface area (Å²) in [5.74, 6) is -0.692. The standard InChI is InChI=1S/C58H61N5O9S2/c1-34(37-11-15-39(16-12-37)52-35(2)60-33-73-52)61-56(70)47-30-44(66)32-63(47)57(71)54(58(3,4)5)62-49(67)8-6-7-29-72-45-24-9-36(10-25-45)27-28-59-55(69)41-17-13-38(14-18-41)51(68)50-46-26-23-43(65)31-48(46)74-53(50)40-19-21-42(64)22-20-40/h9-26,31,33-34,44,47,54,64-66H,6-8,27-30,32H2,1-5H3,(H,59,69)(H,61,70)(H,62,67). The third-order valence-corrected chi connectivity index (χ3v) is 15.4. The molecule has 5 aromatic carbocycles. The molecular formula is C58H61N5O9S2. The lowest BCUT2D eigenvalue weighted by molar-refractivity contribution is -0.144. The van der Waals surface area contributed by atoms with Gasteiger partial charge in [0.05, 0.1) is 34.8 Å². The summed E-state index contributed by atoms with van der Waals surface area (Å²) in [4.78, 5) is 75.7. The number of aliphatic hydroxyl groups excluding tert-OH is 1. The van der Waals surface area contributed by atoms with Gasteiger partial charge >= 0.3 is 0 Å². The van der Waals surface area contributed by atoms with Crippen molar-refractivity contribution in [3.63, 3.8) is 0 Å². The van der Waals surface area contributed by atoms with Gasteiger partial charge in [0.25, 0.3) is 5.91 Å². The van der Waals surface area contributed by atoms with E-state index in [1.807, 2.05) is 88.7 Å². The molecule has 1 fully saturated rings. The fraction of sp³-hybridized carbons (Fsp3) is 0.310. The second kappa shape index (κ2) is 23.2. The molecule has 8 rings (SSSR count). The monoisotopic (exact) mass is 1040 g/mol. The molecule has 7 aromatic rings. The number of nitrogens with zero attached hydrogens (tertiary/aromatic N) is 2. The van der Waals surface area contributed by atoms with E-state index >= 15 is 0 Å². The number of aromatic hydroxyl groups is 2. The predicted molar refractivity (Wildman–Crippen MR) is 289 cm³/mol. The van der Waals surface area contributed by atoms with Gasteiger partial charge in [-0.25, -0.2) is 4.98 Å². The van der Waals surface area contributed by atoms with Gasteiger partial charge in [0.2, 0.25) is 17.7 Å². The van der Waals surface area contributed by atoms with Crippen molar-refractivity contribution in [1.82, 2.24) is 25.8 Å². The average molecular weight is 1040 g/mol. The number of nitrogens with one attached hydrogen (secondary N) is 3. The normalized spacial score (nSPS) is 15.4. The second-order valence-corrected chi connectivity index (χ2v) is 21.7. The molecule has 4 unspecified atom stereocenters. The second-order valence-electron chi connectivity index (χ2n) is 19.8. The van der Waals surface area contributed by atoms with Crippen molar-refractivity contribution in [2.24, 2.45) is 5.41 Å². The molecule has 6 N–H and O–H groups in total. The van der Waals surface area contributed by atoms with Crippen LogP contribution in [0.4, 0.5) is 0 Å². The number of thiazole rings is 1. The van der Waals surface area contributed by atoms with Crippen LogP contribution in [0.1, 0.15) is 103 Å². The number of ketones is 1. The number of aryl methyl sites for hydroxylation is 1. The molecule has 16 heteroatoms. The highest BCUT2D eigenvalue weighted by molar-refractivity contribution is 7.22. The van der Waals surface area contributed by atoms with Crippen LogP contribution in [0, 0.1) is 12.3 Å². The third-order valence-electron chi connectivity index (χ3n) is 13.2. The van der Waals surface area contributed by atoms with Gasteiger partial charge in [-0.1, -0.05) is 69.3 Å². The predicted octanol–water partition coefficient (Wildman–Crippen LogP) is 9.53. The number of fused-ring (bicyclic) bond motifs is 1. The smallest absolute Gasteiger partial charge is 0.251 e. The molecule has 0 spiro atoms. The molecule has 2 aromatic heterocycles.